The number of nitrogens with one attached hydrogen (secondary N) is 1. The Labute approximate surface area is 130 Å². The third-order valence-electron chi connectivity index (χ3n) is 4.08. The van der Waals surface area contributed by atoms with E-state index in [0.29, 0.717) is 11.2 Å². The van der Waals surface area contributed by atoms with Gasteiger partial charge in [0.1, 0.15) is 24.1 Å². The molecule has 10 heteroatoms. The van der Waals surface area contributed by atoms with Gasteiger partial charge in [0.2, 0.25) is 0 Å². The number of aliphatic hydroxyl groups is 2. The van der Waals surface area contributed by atoms with Crippen molar-refractivity contribution in [2.24, 2.45) is 0 Å². The number of ether oxygens (including phenoxy) is 1. The van der Waals surface area contributed by atoms with Gasteiger partial charge in [-0.1, -0.05) is 0 Å². The Kier molecular flexibility index (Phi) is 3.18. The van der Waals surface area contributed by atoms with Crippen LogP contribution in [0.2, 0.25) is 0 Å². The zero-order chi connectivity index (χ0) is 16.1. The molecular formula is C13H16N6O4. The SMILES string of the molecule is Nc1ncnc2c1ncn2[C@H]1O[C@@H](C(=O)NC2CC2)[C@H](O)[C@@H]1O. The van der Waals surface area contributed by atoms with Crippen molar-refractivity contribution in [3.63, 3.8) is 0 Å². The number of hydrogen-bond donors (Lipinski definition) is 4. The smallest absolute Gasteiger partial charge is 0.252 e. The van der Waals surface area contributed by atoms with Gasteiger partial charge in [-0.3, -0.25) is 9.36 Å². The van der Waals surface area contributed by atoms with Crippen molar-refractivity contribution in [3.05, 3.63) is 12.7 Å². The Morgan fingerprint density at radius 2 is 2.09 bits per heavy atom. The van der Waals surface area contributed by atoms with Gasteiger partial charge in [0.05, 0.1) is 6.33 Å². The van der Waals surface area contributed by atoms with Crippen molar-refractivity contribution < 1.29 is 19.7 Å². The number of hydrogen-bond acceptors (Lipinski definition) is 8. The van der Waals surface area contributed by atoms with Crippen LogP contribution in [0.1, 0.15) is 19.1 Å². The van der Waals surface area contributed by atoms with Crippen molar-refractivity contribution in [2.75, 3.05) is 5.73 Å². The summed E-state index contributed by atoms with van der Waals surface area (Å²) in [7, 11) is 0. The third kappa shape index (κ3) is 2.31. The number of aliphatic hydroxyl groups excluding tert-OH is 2. The van der Waals surface area contributed by atoms with Crippen molar-refractivity contribution in [1.82, 2.24) is 24.8 Å². The highest BCUT2D eigenvalue weighted by atomic mass is 16.6. The second kappa shape index (κ2) is 5.11. The Balaban J connectivity index is 1.63. The van der Waals surface area contributed by atoms with Gasteiger partial charge in [0, 0.05) is 6.04 Å². The molecule has 0 radical (unpaired) electrons. The van der Waals surface area contributed by atoms with Gasteiger partial charge < -0.3 is 26.0 Å². The normalized spacial score (nSPS) is 30.7. The van der Waals surface area contributed by atoms with E-state index < -0.39 is 30.4 Å². The molecule has 2 aromatic rings. The van der Waals surface area contributed by atoms with Crippen LogP contribution in [0.3, 0.4) is 0 Å². The number of fused-ring (bicyclic) bond motifs is 1. The molecule has 4 rings (SSSR count). The van der Waals surface area contributed by atoms with E-state index in [1.807, 2.05) is 0 Å². The fraction of sp³-hybridized carbons (Fsp3) is 0.538. The molecule has 0 unspecified atom stereocenters. The molecule has 0 bridgehead atoms. The number of amides is 1. The lowest BCUT2D eigenvalue weighted by Crippen LogP contribution is -2.43. The molecule has 1 aliphatic carbocycles. The lowest BCUT2D eigenvalue weighted by Gasteiger charge is -2.16. The third-order valence-corrected chi connectivity index (χ3v) is 4.08. The molecule has 4 atom stereocenters. The first-order chi connectivity index (χ1) is 11.1. The van der Waals surface area contributed by atoms with Crippen molar-refractivity contribution in [3.8, 4) is 0 Å². The zero-order valence-electron chi connectivity index (χ0n) is 12.0. The van der Waals surface area contributed by atoms with Crippen molar-refractivity contribution in [2.45, 2.75) is 43.4 Å². The number of carbonyl (C=O) groups is 1. The lowest BCUT2D eigenvalue weighted by atomic mass is 10.1. The van der Waals surface area contributed by atoms with Crippen molar-refractivity contribution >= 4 is 22.9 Å². The van der Waals surface area contributed by atoms with Gasteiger partial charge in [-0.25, -0.2) is 15.0 Å². The van der Waals surface area contributed by atoms with Crippen LogP contribution in [0.25, 0.3) is 11.2 Å². The topological polar surface area (TPSA) is 148 Å². The number of rotatable bonds is 3. The van der Waals surface area contributed by atoms with Gasteiger partial charge in [-0.15, -0.1) is 0 Å². The summed E-state index contributed by atoms with van der Waals surface area (Å²) in [6.07, 6.45) is -0.269. The summed E-state index contributed by atoms with van der Waals surface area (Å²) in [6, 6.07) is 0.135. The van der Waals surface area contributed by atoms with E-state index in [1.165, 1.54) is 17.2 Å². The van der Waals surface area contributed by atoms with Crippen LogP contribution in [0.15, 0.2) is 12.7 Å². The quantitative estimate of drug-likeness (QED) is 0.523. The number of nitrogens with two attached hydrogens (primary N) is 1. The molecule has 1 saturated heterocycles. The molecule has 23 heavy (non-hydrogen) atoms. The van der Waals surface area contributed by atoms with E-state index in [0.717, 1.165) is 12.8 Å². The van der Waals surface area contributed by atoms with Gasteiger partial charge in [-0.2, -0.15) is 0 Å². The molecule has 5 N–H and O–H groups in total. The number of nitrogens with zero attached hydrogens (tertiary/aromatic N) is 4. The molecule has 3 heterocycles. The number of aromatic nitrogens is 4. The number of anilines is 1. The molecule has 2 fully saturated rings. The highest BCUT2D eigenvalue weighted by molar-refractivity contribution is 5.83. The first kappa shape index (κ1) is 14.3. The van der Waals surface area contributed by atoms with Crippen LogP contribution in [-0.4, -0.2) is 60.0 Å². The predicted octanol–water partition coefficient (Wildman–Crippen LogP) is -1.69. The molecule has 1 aliphatic heterocycles. The Morgan fingerprint density at radius 3 is 2.83 bits per heavy atom. The zero-order valence-corrected chi connectivity index (χ0v) is 12.0. The summed E-state index contributed by atoms with van der Waals surface area (Å²) >= 11 is 0. The maximum absolute atomic E-state index is 12.1. The Hall–Kier alpha value is -2.30. The second-order valence-corrected chi connectivity index (χ2v) is 5.79. The summed E-state index contributed by atoms with van der Waals surface area (Å²) in [4.78, 5) is 24.1. The first-order valence-corrected chi connectivity index (χ1v) is 7.31. The minimum Gasteiger partial charge on any atom is -0.387 e. The molecule has 2 aliphatic rings. The maximum Gasteiger partial charge on any atom is 0.252 e. The molecular weight excluding hydrogens is 304 g/mol. The molecule has 10 nitrogen and oxygen atoms in total. The van der Waals surface area contributed by atoms with Crippen LogP contribution in [0.5, 0.6) is 0 Å². The van der Waals surface area contributed by atoms with Gasteiger partial charge in [-0.05, 0) is 12.8 Å². The fourth-order valence-corrected chi connectivity index (χ4v) is 2.67. The monoisotopic (exact) mass is 320 g/mol. The van der Waals surface area contributed by atoms with Crippen LogP contribution in [0.4, 0.5) is 5.82 Å². The summed E-state index contributed by atoms with van der Waals surface area (Å²) in [5, 5.41) is 23.1. The summed E-state index contributed by atoms with van der Waals surface area (Å²) in [6.45, 7) is 0. The minimum atomic E-state index is -1.34. The minimum absolute atomic E-state index is 0.135. The molecule has 1 saturated carbocycles. The van der Waals surface area contributed by atoms with Gasteiger partial charge in [0.25, 0.3) is 5.91 Å². The summed E-state index contributed by atoms with van der Waals surface area (Å²) < 4.78 is 7.01. The standard InChI is InChI=1S/C13H16N6O4/c14-10-6-11(16-3-15-10)19(4-17-6)13-8(21)7(20)9(23-13)12(22)18-5-1-2-5/h3-5,7-9,13,20-21H,1-2H2,(H,18,22)(H2,14,15,16)/t7-,8+,9-,13+/m1/s1. The van der Waals surface area contributed by atoms with E-state index in [2.05, 4.69) is 20.3 Å². The Bertz CT molecular complexity index is 760. The van der Waals surface area contributed by atoms with E-state index in [4.69, 9.17) is 10.5 Å². The predicted molar refractivity (Wildman–Crippen MR) is 76.8 cm³/mol. The summed E-state index contributed by atoms with van der Waals surface area (Å²) in [5.41, 5.74) is 6.45. The van der Waals surface area contributed by atoms with Crippen LogP contribution >= 0.6 is 0 Å². The maximum atomic E-state index is 12.1. The fourth-order valence-electron chi connectivity index (χ4n) is 2.67. The average Bonchev–Trinajstić information content (AvgIpc) is 3.15. The summed E-state index contributed by atoms with van der Waals surface area (Å²) in [5.74, 6) is -0.232. The van der Waals surface area contributed by atoms with Crippen molar-refractivity contribution in [1.29, 1.82) is 0 Å². The molecule has 0 aromatic carbocycles. The highest BCUT2D eigenvalue weighted by Gasteiger charge is 2.48. The average molecular weight is 320 g/mol. The molecule has 122 valence electrons. The molecule has 2 aromatic heterocycles. The van der Waals surface area contributed by atoms with Gasteiger partial charge >= 0.3 is 0 Å². The number of carbonyl (C=O) groups excluding carboxylic acids is 1. The lowest BCUT2D eigenvalue weighted by molar-refractivity contribution is -0.137. The molecule has 0 spiro atoms. The molecule has 1 amide bonds. The van der Waals surface area contributed by atoms with E-state index in [-0.39, 0.29) is 11.9 Å². The number of nitrogen functional groups attached to an aromatic ring is 1. The van der Waals surface area contributed by atoms with E-state index in [1.54, 1.807) is 0 Å². The second-order valence-electron chi connectivity index (χ2n) is 5.79. The van der Waals surface area contributed by atoms with E-state index in [9.17, 15) is 15.0 Å². The van der Waals surface area contributed by atoms with Gasteiger partial charge in [0.15, 0.2) is 23.8 Å². The highest BCUT2D eigenvalue weighted by Crippen LogP contribution is 2.32. The number of imidazole rings is 1. The van der Waals surface area contributed by atoms with Crippen LogP contribution < -0.4 is 11.1 Å². The first-order valence-electron chi connectivity index (χ1n) is 7.31. The van der Waals surface area contributed by atoms with E-state index >= 15 is 0 Å². The van der Waals surface area contributed by atoms with Crippen LogP contribution in [0, 0.1) is 0 Å². The Morgan fingerprint density at radius 1 is 1.30 bits per heavy atom. The van der Waals surface area contributed by atoms with Crippen LogP contribution in [-0.2, 0) is 9.53 Å². The largest absolute Gasteiger partial charge is 0.387 e.